The molecule has 2 N–H and O–H groups in total. The highest BCUT2D eigenvalue weighted by molar-refractivity contribution is 5.72. The summed E-state index contributed by atoms with van der Waals surface area (Å²) in [6, 6.07) is 4.37. The van der Waals surface area contributed by atoms with Crippen LogP contribution < -0.4 is 5.73 Å². The second kappa shape index (κ2) is 4.45. The van der Waals surface area contributed by atoms with E-state index in [1.54, 1.807) is 6.07 Å². The van der Waals surface area contributed by atoms with Crippen LogP contribution in [0.1, 0.15) is 32.6 Å². The molecule has 17 heavy (non-hydrogen) atoms. The van der Waals surface area contributed by atoms with E-state index < -0.39 is 0 Å². The van der Waals surface area contributed by atoms with E-state index in [9.17, 15) is 4.39 Å². The van der Waals surface area contributed by atoms with Crippen LogP contribution in [0, 0.1) is 5.82 Å². The van der Waals surface area contributed by atoms with Crippen LogP contribution in [0.25, 0.3) is 11.1 Å². The minimum absolute atomic E-state index is 0.241. The minimum atomic E-state index is -0.313. The van der Waals surface area contributed by atoms with E-state index in [1.807, 2.05) is 0 Å². The average Bonchev–Trinajstić information content (AvgIpc) is 2.75. The molecular formula is C13H17FN2O. The van der Waals surface area contributed by atoms with Crippen molar-refractivity contribution in [2.45, 2.75) is 32.1 Å². The summed E-state index contributed by atoms with van der Waals surface area (Å²) in [5.41, 5.74) is 6.77. The van der Waals surface area contributed by atoms with Gasteiger partial charge in [-0.3, -0.25) is 0 Å². The molecule has 0 unspecified atom stereocenters. The van der Waals surface area contributed by atoms with Gasteiger partial charge in [0, 0.05) is 12.6 Å². The largest absolute Gasteiger partial charge is 0.440 e. The van der Waals surface area contributed by atoms with Crippen molar-refractivity contribution in [3.8, 4) is 0 Å². The lowest BCUT2D eigenvalue weighted by Crippen LogP contribution is -2.34. The summed E-state index contributed by atoms with van der Waals surface area (Å²) < 4.78 is 18.7. The second-order valence-corrected chi connectivity index (χ2v) is 4.32. The Morgan fingerprint density at radius 1 is 1.35 bits per heavy atom. The van der Waals surface area contributed by atoms with Crippen molar-refractivity contribution < 1.29 is 8.81 Å². The Bertz CT molecular complexity index is 509. The second-order valence-electron chi connectivity index (χ2n) is 4.32. The zero-order valence-electron chi connectivity index (χ0n) is 10.2. The van der Waals surface area contributed by atoms with Gasteiger partial charge in [-0.1, -0.05) is 13.8 Å². The number of halogens is 1. The molecular weight excluding hydrogens is 219 g/mol. The van der Waals surface area contributed by atoms with Crippen molar-refractivity contribution in [1.82, 2.24) is 4.98 Å². The topological polar surface area (TPSA) is 52.0 Å². The highest BCUT2D eigenvalue weighted by Crippen LogP contribution is 2.32. The Balaban J connectivity index is 2.55. The van der Waals surface area contributed by atoms with Crippen molar-refractivity contribution in [3.05, 3.63) is 29.9 Å². The molecule has 4 heteroatoms. The van der Waals surface area contributed by atoms with Crippen molar-refractivity contribution in [3.63, 3.8) is 0 Å². The van der Waals surface area contributed by atoms with E-state index in [0.29, 0.717) is 23.5 Å². The lowest BCUT2D eigenvalue weighted by molar-refractivity contribution is 0.316. The summed E-state index contributed by atoms with van der Waals surface area (Å²) in [7, 11) is 0. The first-order valence-electron chi connectivity index (χ1n) is 5.92. The van der Waals surface area contributed by atoms with Crippen LogP contribution in [-0.4, -0.2) is 11.5 Å². The number of hydrogen-bond acceptors (Lipinski definition) is 3. The van der Waals surface area contributed by atoms with Crippen LogP contribution >= 0.6 is 0 Å². The summed E-state index contributed by atoms with van der Waals surface area (Å²) in [4.78, 5) is 4.43. The summed E-state index contributed by atoms with van der Waals surface area (Å²) in [5, 5.41) is 0. The molecule has 0 fully saturated rings. The van der Waals surface area contributed by atoms with Crippen LogP contribution in [0.2, 0.25) is 0 Å². The molecule has 0 atom stereocenters. The van der Waals surface area contributed by atoms with E-state index in [0.717, 1.165) is 12.8 Å². The third-order valence-corrected chi connectivity index (χ3v) is 3.55. The maximum absolute atomic E-state index is 13.1. The van der Waals surface area contributed by atoms with Gasteiger partial charge in [-0.25, -0.2) is 9.37 Å². The average molecular weight is 236 g/mol. The smallest absolute Gasteiger partial charge is 0.202 e. The van der Waals surface area contributed by atoms with E-state index in [-0.39, 0.29) is 11.2 Å². The van der Waals surface area contributed by atoms with Crippen molar-refractivity contribution in [1.29, 1.82) is 0 Å². The number of hydrogen-bond donors (Lipinski definition) is 1. The fourth-order valence-corrected chi connectivity index (χ4v) is 2.05. The molecule has 1 aromatic carbocycles. The molecule has 0 saturated carbocycles. The molecule has 0 bridgehead atoms. The molecule has 0 aliphatic carbocycles. The lowest BCUT2D eigenvalue weighted by Gasteiger charge is -2.25. The fourth-order valence-electron chi connectivity index (χ4n) is 2.05. The molecule has 0 aliphatic rings. The molecule has 0 amide bonds. The molecule has 0 radical (unpaired) electrons. The number of nitrogens with zero attached hydrogens (tertiary/aromatic N) is 1. The van der Waals surface area contributed by atoms with Gasteiger partial charge in [-0.15, -0.1) is 0 Å². The number of nitrogens with two attached hydrogens (primary N) is 1. The number of aromatic nitrogens is 1. The van der Waals surface area contributed by atoms with Crippen LogP contribution in [-0.2, 0) is 5.41 Å². The molecule has 0 spiro atoms. The Morgan fingerprint density at radius 2 is 2.06 bits per heavy atom. The first-order valence-corrected chi connectivity index (χ1v) is 5.92. The maximum Gasteiger partial charge on any atom is 0.202 e. The Labute approximate surface area is 99.8 Å². The summed E-state index contributed by atoms with van der Waals surface area (Å²) in [6.07, 6.45) is 1.71. The highest BCUT2D eigenvalue weighted by atomic mass is 19.1. The van der Waals surface area contributed by atoms with Crippen molar-refractivity contribution in [2.75, 3.05) is 6.54 Å². The number of benzene rings is 1. The number of rotatable bonds is 4. The first-order chi connectivity index (χ1) is 8.15. The van der Waals surface area contributed by atoms with Crippen LogP contribution in [0.15, 0.2) is 22.6 Å². The quantitative estimate of drug-likeness (QED) is 0.887. The molecule has 92 valence electrons. The van der Waals surface area contributed by atoms with Gasteiger partial charge in [0.1, 0.15) is 11.3 Å². The van der Waals surface area contributed by atoms with Gasteiger partial charge in [0.15, 0.2) is 5.58 Å². The molecule has 1 heterocycles. The van der Waals surface area contributed by atoms with Gasteiger partial charge in [0.25, 0.3) is 0 Å². The molecule has 0 aliphatic heterocycles. The van der Waals surface area contributed by atoms with E-state index in [2.05, 4.69) is 18.8 Å². The first kappa shape index (κ1) is 12.0. The van der Waals surface area contributed by atoms with Gasteiger partial charge in [-0.2, -0.15) is 0 Å². The third kappa shape index (κ3) is 1.93. The Morgan fingerprint density at radius 3 is 2.65 bits per heavy atom. The maximum atomic E-state index is 13.1. The van der Waals surface area contributed by atoms with Crippen LogP contribution in [0.4, 0.5) is 4.39 Å². The van der Waals surface area contributed by atoms with Crippen molar-refractivity contribution >= 4 is 11.1 Å². The van der Waals surface area contributed by atoms with E-state index in [1.165, 1.54) is 12.1 Å². The van der Waals surface area contributed by atoms with Gasteiger partial charge >= 0.3 is 0 Å². The predicted octanol–water partition coefficient (Wildman–Crippen LogP) is 2.98. The van der Waals surface area contributed by atoms with Crippen LogP contribution in [0.5, 0.6) is 0 Å². The van der Waals surface area contributed by atoms with Gasteiger partial charge in [0.2, 0.25) is 5.89 Å². The third-order valence-electron chi connectivity index (χ3n) is 3.55. The van der Waals surface area contributed by atoms with Gasteiger partial charge in [-0.05, 0) is 25.0 Å². The van der Waals surface area contributed by atoms with Crippen molar-refractivity contribution in [2.24, 2.45) is 5.73 Å². The molecule has 3 nitrogen and oxygen atoms in total. The van der Waals surface area contributed by atoms with Gasteiger partial charge < -0.3 is 10.2 Å². The summed E-state index contributed by atoms with van der Waals surface area (Å²) >= 11 is 0. The van der Waals surface area contributed by atoms with Crippen LogP contribution in [0.3, 0.4) is 0 Å². The standard InChI is InChI=1S/C13H17FN2O/c1-3-13(4-2,8-15)12-16-10-6-5-9(14)7-11(10)17-12/h5-7H,3-4,8,15H2,1-2H3. The highest BCUT2D eigenvalue weighted by Gasteiger charge is 2.32. The minimum Gasteiger partial charge on any atom is -0.440 e. The number of fused-ring (bicyclic) bond motifs is 1. The van der Waals surface area contributed by atoms with Gasteiger partial charge in [0.05, 0.1) is 5.41 Å². The number of oxazole rings is 1. The van der Waals surface area contributed by atoms with E-state index in [4.69, 9.17) is 10.2 Å². The monoisotopic (exact) mass is 236 g/mol. The Hall–Kier alpha value is -1.42. The normalized spacial score (nSPS) is 12.2. The zero-order chi connectivity index (χ0) is 12.5. The predicted molar refractivity (Wildman–Crippen MR) is 65.3 cm³/mol. The van der Waals surface area contributed by atoms with E-state index >= 15 is 0 Å². The summed E-state index contributed by atoms with van der Waals surface area (Å²) in [5.74, 6) is 0.303. The SMILES string of the molecule is CCC(CC)(CN)c1nc2ccc(F)cc2o1. The molecule has 2 aromatic rings. The summed E-state index contributed by atoms with van der Waals surface area (Å²) in [6.45, 7) is 4.60. The zero-order valence-corrected chi connectivity index (χ0v) is 10.2. The molecule has 0 saturated heterocycles. The fraction of sp³-hybridized carbons (Fsp3) is 0.462. The molecule has 1 aromatic heterocycles. The Kier molecular flexibility index (Phi) is 3.15. The molecule has 2 rings (SSSR count). The lowest BCUT2D eigenvalue weighted by atomic mass is 9.82.